The highest BCUT2D eigenvalue weighted by Crippen LogP contribution is 2.43. The zero-order valence-electron chi connectivity index (χ0n) is 28.1. The molecule has 4 N–H and O–H groups in total. The molecule has 1 fully saturated rings. The zero-order chi connectivity index (χ0) is 35.7. The Morgan fingerprint density at radius 1 is 1.00 bits per heavy atom. The number of aromatic nitrogens is 4. The first-order chi connectivity index (χ1) is 23.8. The van der Waals surface area contributed by atoms with Crippen LogP contribution in [0.5, 0.6) is 5.88 Å². The van der Waals surface area contributed by atoms with E-state index in [2.05, 4.69) is 21.0 Å². The predicted molar refractivity (Wildman–Crippen MR) is 197 cm³/mol. The Bertz CT molecular complexity index is 2140. The second-order valence-corrected chi connectivity index (χ2v) is 14.2. The molecule has 0 radical (unpaired) electrons. The van der Waals surface area contributed by atoms with Crippen molar-refractivity contribution < 1.29 is 14.6 Å². The van der Waals surface area contributed by atoms with E-state index in [0.717, 1.165) is 6.42 Å². The minimum absolute atomic E-state index is 0.0658. The van der Waals surface area contributed by atoms with Crippen LogP contribution in [0.4, 0.5) is 0 Å². The lowest BCUT2D eigenvalue weighted by Crippen LogP contribution is -2.36. The number of halogens is 3. The summed E-state index contributed by atoms with van der Waals surface area (Å²) in [5.74, 6) is 0.954. The van der Waals surface area contributed by atoms with Crippen LogP contribution in [-0.2, 0) is 24.9 Å². The molecule has 0 aliphatic carbocycles. The van der Waals surface area contributed by atoms with Gasteiger partial charge in [-0.1, -0.05) is 71.2 Å². The van der Waals surface area contributed by atoms with E-state index in [1.54, 1.807) is 50.8 Å². The summed E-state index contributed by atoms with van der Waals surface area (Å²) in [6, 6.07) is 14.9. The van der Waals surface area contributed by atoms with Gasteiger partial charge in [0, 0.05) is 78.7 Å². The first-order valence-electron chi connectivity index (χ1n) is 16.2. The fourth-order valence-corrected chi connectivity index (χ4v) is 6.96. The maximum atomic E-state index is 13.3. The van der Waals surface area contributed by atoms with E-state index in [9.17, 15) is 14.7 Å². The second kappa shape index (κ2) is 14.7. The van der Waals surface area contributed by atoms with Crippen LogP contribution in [0.15, 0.2) is 59.5 Å². The lowest BCUT2D eigenvalue weighted by atomic mass is 9.97. The van der Waals surface area contributed by atoms with Crippen LogP contribution in [0, 0.1) is 0 Å². The first-order valence-corrected chi connectivity index (χ1v) is 17.3. The van der Waals surface area contributed by atoms with Crippen LogP contribution in [0.2, 0.25) is 15.1 Å². The number of carbonyl (C=O) groups excluding carboxylic acids is 1. The topological polar surface area (TPSA) is 135 Å². The summed E-state index contributed by atoms with van der Waals surface area (Å²) in [7, 11) is 3.21. The van der Waals surface area contributed by atoms with Crippen LogP contribution in [0.3, 0.4) is 0 Å². The molecule has 11 nitrogen and oxygen atoms in total. The number of rotatable bonds is 12. The van der Waals surface area contributed by atoms with Crippen molar-refractivity contribution in [3.05, 3.63) is 91.5 Å². The van der Waals surface area contributed by atoms with Crippen molar-refractivity contribution >= 4 is 46.2 Å². The Morgan fingerprint density at radius 2 is 1.68 bits per heavy atom. The summed E-state index contributed by atoms with van der Waals surface area (Å²) in [4.78, 5) is 29.6. The van der Waals surface area contributed by atoms with Crippen LogP contribution in [0.1, 0.15) is 38.1 Å². The number of carbonyl (C=O) groups is 1. The molecule has 2 aromatic carbocycles. The summed E-state index contributed by atoms with van der Waals surface area (Å²) >= 11 is 21.0. The molecular weight excluding hydrogens is 701 g/mol. The lowest BCUT2D eigenvalue weighted by Gasteiger charge is -2.18. The minimum Gasteiger partial charge on any atom is -0.481 e. The van der Waals surface area contributed by atoms with Crippen LogP contribution in [0.25, 0.3) is 39.0 Å². The van der Waals surface area contributed by atoms with E-state index in [1.807, 2.05) is 36.4 Å². The number of nitrogens with one attached hydrogen (secondary N) is 3. The van der Waals surface area contributed by atoms with Gasteiger partial charge in [0.25, 0.3) is 5.56 Å². The largest absolute Gasteiger partial charge is 0.481 e. The summed E-state index contributed by atoms with van der Waals surface area (Å²) in [6.45, 7) is 5.07. The number of hydrogen-bond donors (Lipinski definition) is 4. The summed E-state index contributed by atoms with van der Waals surface area (Å²) in [5, 5.41) is 25.5. The van der Waals surface area contributed by atoms with Gasteiger partial charge in [0.15, 0.2) is 0 Å². The van der Waals surface area contributed by atoms with Crippen molar-refractivity contribution in [2.24, 2.45) is 7.05 Å². The maximum absolute atomic E-state index is 13.3. The number of amides is 1. The zero-order valence-corrected chi connectivity index (χ0v) is 30.4. The van der Waals surface area contributed by atoms with E-state index < -0.39 is 5.60 Å². The van der Waals surface area contributed by atoms with Crippen LogP contribution >= 0.6 is 34.8 Å². The molecule has 1 aliphatic heterocycles. The van der Waals surface area contributed by atoms with Gasteiger partial charge >= 0.3 is 0 Å². The molecule has 1 atom stereocenters. The van der Waals surface area contributed by atoms with Crippen LogP contribution < -0.4 is 26.2 Å². The summed E-state index contributed by atoms with van der Waals surface area (Å²) in [6.07, 6.45) is 3.10. The second-order valence-electron chi connectivity index (χ2n) is 13.0. The highest BCUT2D eigenvalue weighted by Gasteiger charge is 2.22. The van der Waals surface area contributed by atoms with Gasteiger partial charge < -0.3 is 25.8 Å². The van der Waals surface area contributed by atoms with Crippen LogP contribution in [-0.4, -0.2) is 62.0 Å². The van der Waals surface area contributed by atoms with Gasteiger partial charge in [-0.25, -0.2) is 9.50 Å². The van der Waals surface area contributed by atoms with Crippen molar-refractivity contribution in [3.8, 4) is 39.4 Å². The molecule has 1 saturated heterocycles. The molecule has 0 bridgehead atoms. The molecule has 14 heteroatoms. The Balaban J connectivity index is 1.29. The Morgan fingerprint density at radius 3 is 2.34 bits per heavy atom. The molecule has 1 amide bonds. The van der Waals surface area contributed by atoms with Gasteiger partial charge in [0.2, 0.25) is 11.8 Å². The van der Waals surface area contributed by atoms with Crippen molar-refractivity contribution in [1.29, 1.82) is 0 Å². The van der Waals surface area contributed by atoms with Gasteiger partial charge in [0.1, 0.15) is 11.3 Å². The average molecular weight is 739 g/mol. The fourth-order valence-electron chi connectivity index (χ4n) is 6.04. The smallest absolute Gasteiger partial charge is 0.277 e. The van der Waals surface area contributed by atoms with Crippen molar-refractivity contribution in [1.82, 2.24) is 35.1 Å². The molecule has 262 valence electrons. The lowest BCUT2D eigenvalue weighted by molar-refractivity contribution is -0.119. The normalized spacial score (nSPS) is 14.8. The Labute approximate surface area is 304 Å². The number of ether oxygens (including phenoxy) is 1. The Hall–Kier alpha value is -3.97. The van der Waals surface area contributed by atoms with Crippen molar-refractivity contribution in [2.45, 2.75) is 51.4 Å². The monoisotopic (exact) mass is 737 g/mol. The Kier molecular flexibility index (Phi) is 10.5. The molecule has 4 heterocycles. The SMILES string of the molecule is COc1nc(-c2cccc(-c3cccc(-c4cc5c(=O)n(C)c(CNCC(C)(C)O)nn5c4)c3Cl)c2Cl)cc(Cl)c1CNC[C@H]1CCC(=O)N1. The first kappa shape index (κ1) is 35.8. The molecular formula is C36H38Cl3N7O4. The standard InChI is InChI=1S/C36H38Cl3N7O4/c1-36(2,49)19-41-17-30-44-46-18-20(13-29(46)35(48)45(30)3)22-7-5-8-23(32(22)38)24-9-6-10-25(33(24)39)28-14-27(37)26(34(43-28)50-4)16-40-15-21-11-12-31(47)42-21/h5-10,13-14,18,21,40-41,49H,11-12,15-17,19H2,1-4H3,(H,42,47)/t21-/m1/s1. The highest BCUT2D eigenvalue weighted by molar-refractivity contribution is 6.39. The number of aliphatic hydroxyl groups is 1. The van der Waals surface area contributed by atoms with E-state index in [0.29, 0.717) is 104 Å². The van der Waals surface area contributed by atoms with Gasteiger partial charge in [-0.05, 0) is 32.4 Å². The molecule has 6 rings (SSSR count). The minimum atomic E-state index is -0.899. The number of fused-ring (bicyclic) bond motifs is 1. The number of nitrogens with zero attached hydrogens (tertiary/aromatic N) is 4. The molecule has 50 heavy (non-hydrogen) atoms. The number of benzene rings is 2. The van der Waals surface area contributed by atoms with E-state index in [1.165, 1.54) is 4.57 Å². The highest BCUT2D eigenvalue weighted by atomic mass is 35.5. The predicted octanol–water partition coefficient (Wildman–Crippen LogP) is 5.63. The third kappa shape index (κ3) is 7.53. The van der Waals surface area contributed by atoms with Crippen molar-refractivity contribution in [2.75, 3.05) is 20.2 Å². The van der Waals surface area contributed by atoms with Gasteiger partial charge in [-0.15, -0.1) is 0 Å². The molecule has 0 unspecified atom stereocenters. The quantitative estimate of drug-likeness (QED) is 0.130. The molecule has 0 spiro atoms. The molecule has 1 aliphatic rings. The number of pyridine rings is 1. The van der Waals surface area contributed by atoms with E-state index >= 15 is 0 Å². The van der Waals surface area contributed by atoms with Gasteiger partial charge in [0.05, 0.1) is 40.0 Å². The number of hydrogen-bond acceptors (Lipinski definition) is 8. The van der Waals surface area contributed by atoms with E-state index in [-0.39, 0.29) is 17.5 Å². The van der Waals surface area contributed by atoms with Crippen molar-refractivity contribution in [3.63, 3.8) is 0 Å². The third-order valence-corrected chi connectivity index (χ3v) is 9.80. The fraction of sp³-hybridized carbons (Fsp3) is 0.333. The molecule has 0 saturated carbocycles. The van der Waals surface area contributed by atoms with Gasteiger partial charge in [-0.3, -0.25) is 14.2 Å². The average Bonchev–Trinajstić information content (AvgIpc) is 3.69. The molecule has 5 aromatic rings. The van der Waals surface area contributed by atoms with E-state index in [4.69, 9.17) is 44.5 Å². The third-order valence-electron chi connectivity index (χ3n) is 8.65. The molecule has 3 aromatic heterocycles. The summed E-state index contributed by atoms with van der Waals surface area (Å²) < 4.78 is 8.69. The maximum Gasteiger partial charge on any atom is 0.277 e. The summed E-state index contributed by atoms with van der Waals surface area (Å²) in [5.41, 5.74) is 3.98. The van der Waals surface area contributed by atoms with Gasteiger partial charge in [-0.2, -0.15) is 5.10 Å². The number of methoxy groups -OCH3 is 1.